The number of rotatable bonds is 8. The van der Waals surface area contributed by atoms with Crippen LogP contribution in [-0.2, 0) is 24.7 Å². The van der Waals surface area contributed by atoms with Crippen molar-refractivity contribution in [1.82, 2.24) is 0 Å². The first-order chi connectivity index (χ1) is 10.9. The molecule has 0 bridgehead atoms. The van der Waals surface area contributed by atoms with Gasteiger partial charge in [0.15, 0.2) is 0 Å². The van der Waals surface area contributed by atoms with Crippen LogP contribution in [0.25, 0.3) is 0 Å². The van der Waals surface area contributed by atoms with E-state index in [4.69, 9.17) is 9.78 Å². The van der Waals surface area contributed by atoms with Crippen molar-refractivity contribution in [1.29, 1.82) is 0 Å². The van der Waals surface area contributed by atoms with Crippen LogP contribution in [0.5, 0.6) is 0 Å². The molecule has 1 rings (SSSR count). The van der Waals surface area contributed by atoms with Gasteiger partial charge in [-0.3, -0.25) is 4.89 Å². The maximum atomic E-state index is 12.1. The molecule has 0 saturated carbocycles. The highest BCUT2D eigenvalue weighted by Crippen LogP contribution is 2.27. The van der Waals surface area contributed by atoms with Crippen LogP contribution in [0.15, 0.2) is 24.3 Å². The topological polar surface area (TPSA) is 61.8 Å². The average molecular weight is 322 g/mol. The van der Waals surface area contributed by atoms with Crippen molar-refractivity contribution in [2.45, 2.75) is 58.5 Å². The first-order valence-corrected chi connectivity index (χ1v) is 7.91. The van der Waals surface area contributed by atoms with E-state index < -0.39 is 18.0 Å². The van der Waals surface area contributed by atoms with Gasteiger partial charge in [-0.05, 0) is 36.0 Å². The first-order valence-electron chi connectivity index (χ1n) is 7.91. The van der Waals surface area contributed by atoms with E-state index >= 15 is 0 Å². The van der Waals surface area contributed by atoms with Gasteiger partial charge in [0.2, 0.25) is 6.10 Å². The Hall–Kier alpha value is -1.88. The van der Waals surface area contributed by atoms with Crippen molar-refractivity contribution < 1.29 is 24.1 Å². The van der Waals surface area contributed by atoms with Crippen molar-refractivity contribution in [3.05, 3.63) is 35.4 Å². The lowest BCUT2D eigenvalue weighted by atomic mass is 9.82. The predicted octanol–water partition coefficient (Wildman–Crippen LogP) is 3.80. The molecule has 5 heteroatoms. The van der Waals surface area contributed by atoms with E-state index in [1.54, 1.807) is 12.1 Å². The van der Waals surface area contributed by atoms with E-state index in [1.165, 1.54) is 7.11 Å². The van der Waals surface area contributed by atoms with Gasteiger partial charge in [0.05, 0.1) is 12.7 Å². The molecule has 0 aromatic heterocycles. The fraction of sp³-hybridized carbons (Fsp3) is 0.556. The number of benzene rings is 1. The van der Waals surface area contributed by atoms with E-state index in [1.807, 2.05) is 19.1 Å². The van der Waals surface area contributed by atoms with Gasteiger partial charge < -0.3 is 4.74 Å². The molecule has 0 radical (unpaired) electrons. The third-order valence-corrected chi connectivity index (χ3v) is 4.02. The molecule has 23 heavy (non-hydrogen) atoms. The van der Waals surface area contributed by atoms with Crippen LogP contribution < -0.4 is 0 Å². The van der Waals surface area contributed by atoms with Gasteiger partial charge in [-0.2, -0.15) is 4.89 Å². The molecular formula is C18H26O5. The zero-order valence-corrected chi connectivity index (χ0v) is 14.5. The molecule has 1 aromatic rings. The molecule has 0 amide bonds. The molecule has 0 spiro atoms. The molecule has 0 N–H and O–H groups in total. The minimum absolute atomic E-state index is 0.0338. The summed E-state index contributed by atoms with van der Waals surface area (Å²) in [6.45, 7) is 8.22. The molecule has 0 saturated heterocycles. The second-order valence-electron chi connectivity index (χ2n) is 6.09. The summed E-state index contributed by atoms with van der Waals surface area (Å²) in [5.41, 5.74) is 1.41. The highest BCUT2D eigenvalue weighted by molar-refractivity contribution is 5.89. The SMILES string of the molecule is CCCC(OOC(=O)c1cccc(C(C)(C)CC)c1)C(=O)OC. The number of carbonyl (C=O) groups excluding carboxylic acids is 2. The van der Waals surface area contributed by atoms with Gasteiger partial charge in [0.25, 0.3) is 0 Å². The van der Waals surface area contributed by atoms with E-state index in [0.29, 0.717) is 18.4 Å². The Morgan fingerprint density at radius 3 is 2.48 bits per heavy atom. The first kappa shape index (κ1) is 19.2. The highest BCUT2D eigenvalue weighted by Gasteiger charge is 2.24. The van der Waals surface area contributed by atoms with Crippen LogP contribution in [0.4, 0.5) is 0 Å². The standard InChI is InChI=1S/C18H26O5/c1-6-9-15(17(20)21-5)22-23-16(19)13-10-8-11-14(12-13)18(3,4)7-2/h8,10-12,15H,6-7,9H2,1-5H3. The zero-order valence-electron chi connectivity index (χ0n) is 14.5. The van der Waals surface area contributed by atoms with E-state index in [2.05, 4.69) is 25.5 Å². The second kappa shape index (κ2) is 8.67. The van der Waals surface area contributed by atoms with Gasteiger partial charge in [-0.15, -0.1) is 0 Å². The minimum Gasteiger partial charge on any atom is -0.467 e. The quantitative estimate of drug-likeness (QED) is 0.414. The monoisotopic (exact) mass is 322 g/mol. The van der Waals surface area contributed by atoms with Crippen LogP contribution in [0.3, 0.4) is 0 Å². The molecule has 128 valence electrons. The molecule has 0 heterocycles. The molecule has 0 aliphatic heterocycles. The van der Waals surface area contributed by atoms with Gasteiger partial charge in [-0.1, -0.05) is 46.2 Å². The summed E-state index contributed by atoms with van der Waals surface area (Å²) in [6.07, 6.45) is 1.17. The van der Waals surface area contributed by atoms with Crippen LogP contribution >= 0.6 is 0 Å². The van der Waals surface area contributed by atoms with E-state index in [-0.39, 0.29) is 5.41 Å². The van der Waals surface area contributed by atoms with Crippen molar-refractivity contribution in [2.75, 3.05) is 7.11 Å². The molecule has 0 aliphatic rings. The molecule has 1 unspecified atom stereocenters. The summed E-state index contributed by atoms with van der Waals surface area (Å²) in [5.74, 6) is -1.18. The van der Waals surface area contributed by atoms with Crippen molar-refractivity contribution in [3.8, 4) is 0 Å². The van der Waals surface area contributed by atoms with Crippen molar-refractivity contribution in [2.24, 2.45) is 0 Å². The van der Waals surface area contributed by atoms with Crippen LogP contribution in [0.2, 0.25) is 0 Å². The average Bonchev–Trinajstić information content (AvgIpc) is 2.57. The summed E-state index contributed by atoms with van der Waals surface area (Å²) in [6, 6.07) is 7.25. The Bertz CT molecular complexity index is 536. The number of esters is 1. The van der Waals surface area contributed by atoms with Crippen LogP contribution in [0.1, 0.15) is 62.9 Å². The molecule has 1 aromatic carbocycles. The molecule has 0 aliphatic carbocycles. The number of hydrogen-bond acceptors (Lipinski definition) is 5. The summed E-state index contributed by atoms with van der Waals surface area (Å²) >= 11 is 0. The summed E-state index contributed by atoms with van der Waals surface area (Å²) in [5, 5.41) is 0. The van der Waals surface area contributed by atoms with E-state index in [9.17, 15) is 9.59 Å². The highest BCUT2D eigenvalue weighted by atomic mass is 17.2. The summed E-state index contributed by atoms with van der Waals surface area (Å²) < 4.78 is 4.63. The second-order valence-corrected chi connectivity index (χ2v) is 6.09. The van der Waals surface area contributed by atoms with Gasteiger partial charge in [0, 0.05) is 0 Å². The lowest BCUT2D eigenvalue weighted by Gasteiger charge is -2.23. The predicted molar refractivity (Wildman–Crippen MR) is 87.0 cm³/mol. The van der Waals surface area contributed by atoms with Crippen LogP contribution in [-0.4, -0.2) is 25.2 Å². The van der Waals surface area contributed by atoms with Gasteiger partial charge >= 0.3 is 11.9 Å². The maximum Gasteiger partial charge on any atom is 0.373 e. The van der Waals surface area contributed by atoms with E-state index in [0.717, 1.165) is 12.0 Å². The van der Waals surface area contributed by atoms with Gasteiger partial charge in [0.1, 0.15) is 0 Å². The number of ether oxygens (including phenoxy) is 1. The third kappa shape index (κ3) is 5.36. The minimum atomic E-state index is -0.899. The zero-order chi connectivity index (χ0) is 17.5. The Morgan fingerprint density at radius 2 is 1.91 bits per heavy atom. The third-order valence-electron chi connectivity index (χ3n) is 4.02. The fourth-order valence-electron chi connectivity index (χ4n) is 2.02. The summed E-state index contributed by atoms with van der Waals surface area (Å²) in [7, 11) is 1.27. The Morgan fingerprint density at radius 1 is 1.22 bits per heavy atom. The normalized spacial score (nSPS) is 12.6. The molecule has 1 atom stereocenters. The van der Waals surface area contributed by atoms with Crippen molar-refractivity contribution in [3.63, 3.8) is 0 Å². The van der Waals surface area contributed by atoms with Gasteiger partial charge in [-0.25, -0.2) is 9.59 Å². The van der Waals surface area contributed by atoms with Crippen LogP contribution in [0, 0.1) is 0 Å². The molecule has 5 nitrogen and oxygen atoms in total. The smallest absolute Gasteiger partial charge is 0.373 e. The number of hydrogen-bond donors (Lipinski definition) is 0. The Labute approximate surface area is 137 Å². The largest absolute Gasteiger partial charge is 0.467 e. The number of carbonyl (C=O) groups is 2. The van der Waals surface area contributed by atoms with Crippen molar-refractivity contribution >= 4 is 11.9 Å². The molecule has 0 fully saturated rings. The Kier molecular flexibility index (Phi) is 7.23. The Balaban J connectivity index is 2.78. The number of methoxy groups -OCH3 is 1. The molecular weight excluding hydrogens is 296 g/mol. The maximum absolute atomic E-state index is 12.1. The fourth-order valence-corrected chi connectivity index (χ4v) is 2.02. The summed E-state index contributed by atoms with van der Waals surface area (Å²) in [4.78, 5) is 33.5. The lowest BCUT2D eigenvalue weighted by Crippen LogP contribution is -2.27. The lowest BCUT2D eigenvalue weighted by molar-refractivity contribution is -0.274.